The predicted molar refractivity (Wildman–Crippen MR) is 89.2 cm³/mol. The molecule has 0 saturated heterocycles. The van der Waals surface area contributed by atoms with Crippen LogP contribution in [-0.4, -0.2) is 24.7 Å². The first kappa shape index (κ1) is 14.1. The third-order valence-corrected chi connectivity index (χ3v) is 6.20. The van der Waals surface area contributed by atoms with E-state index in [-0.39, 0.29) is 0 Å². The molecule has 0 atom stereocenters. The first-order chi connectivity index (χ1) is 10.1. The van der Waals surface area contributed by atoms with E-state index in [4.69, 9.17) is 5.10 Å². The molecular formula is C18H18N2Se. The molecule has 0 fully saturated rings. The molecule has 0 aliphatic rings. The average molecular weight is 341 g/mol. The number of nitrogens with zero attached hydrogens (tertiary/aromatic N) is 2. The van der Waals surface area contributed by atoms with E-state index in [0.717, 1.165) is 11.4 Å². The van der Waals surface area contributed by atoms with E-state index in [1.807, 2.05) is 0 Å². The van der Waals surface area contributed by atoms with Crippen molar-refractivity contribution < 1.29 is 0 Å². The second-order valence-electron chi connectivity index (χ2n) is 5.16. The molecular weight excluding hydrogens is 323 g/mol. The molecule has 0 aliphatic heterocycles. The van der Waals surface area contributed by atoms with Crippen LogP contribution in [-0.2, 0) is 0 Å². The molecule has 3 aromatic rings. The Balaban J connectivity index is 1.98. The van der Waals surface area contributed by atoms with Crippen molar-refractivity contribution in [1.29, 1.82) is 0 Å². The quantitative estimate of drug-likeness (QED) is 0.669. The van der Waals surface area contributed by atoms with E-state index in [2.05, 4.69) is 80.1 Å². The summed E-state index contributed by atoms with van der Waals surface area (Å²) in [6.07, 6.45) is 0. The molecule has 1 heterocycles. The summed E-state index contributed by atoms with van der Waals surface area (Å²) in [5.74, 6) is 0. The molecule has 21 heavy (non-hydrogen) atoms. The van der Waals surface area contributed by atoms with Crippen molar-refractivity contribution in [2.75, 3.05) is 0 Å². The molecule has 106 valence electrons. The number of rotatable bonds is 3. The van der Waals surface area contributed by atoms with Gasteiger partial charge in [0.25, 0.3) is 0 Å². The summed E-state index contributed by atoms with van der Waals surface area (Å²) >= 11 is 0.304. The topological polar surface area (TPSA) is 17.8 Å². The Kier molecular flexibility index (Phi) is 3.96. The Labute approximate surface area is 132 Å². The summed E-state index contributed by atoms with van der Waals surface area (Å²) < 4.78 is 4.84. The molecule has 3 rings (SSSR count). The van der Waals surface area contributed by atoms with E-state index in [1.165, 1.54) is 20.2 Å². The molecule has 0 saturated carbocycles. The third-order valence-electron chi connectivity index (χ3n) is 3.47. The van der Waals surface area contributed by atoms with Gasteiger partial charge in [-0.05, 0) is 0 Å². The van der Waals surface area contributed by atoms with Crippen molar-refractivity contribution in [2.24, 2.45) is 0 Å². The number of hydrogen-bond donors (Lipinski definition) is 0. The fraction of sp³-hybridized carbons (Fsp3) is 0.167. The molecule has 0 aliphatic carbocycles. The molecule has 0 amide bonds. The van der Waals surface area contributed by atoms with Crippen LogP contribution in [0.2, 0.25) is 0 Å². The van der Waals surface area contributed by atoms with Gasteiger partial charge in [0.1, 0.15) is 0 Å². The van der Waals surface area contributed by atoms with Gasteiger partial charge in [-0.3, -0.25) is 0 Å². The number of aryl methyl sites for hydroxylation is 2. The number of hydrogen-bond acceptors (Lipinski definition) is 1. The fourth-order valence-electron chi connectivity index (χ4n) is 2.32. The van der Waals surface area contributed by atoms with Gasteiger partial charge >= 0.3 is 132 Å². The molecule has 3 heteroatoms. The van der Waals surface area contributed by atoms with Crippen LogP contribution in [0.4, 0.5) is 0 Å². The van der Waals surface area contributed by atoms with Gasteiger partial charge in [-0.2, -0.15) is 0 Å². The van der Waals surface area contributed by atoms with Gasteiger partial charge in [-0.25, -0.2) is 0 Å². The van der Waals surface area contributed by atoms with E-state index < -0.39 is 0 Å². The standard InChI is InChI=1S/C18H18N2Se/c1-13-9-11-16(12-10-13)20-15(3)18(14(2)19-20)21-17-7-5-4-6-8-17/h4-12H,1-3H3. The average Bonchev–Trinajstić information content (AvgIpc) is 2.77. The molecule has 2 nitrogen and oxygen atoms in total. The second kappa shape index (κ2) is 5.88. The van der Waals surface area contributed by atoms with Crippen molar-refractivity contribution in [2.45, 2.75) is 20.8 Å². The second-order valence-corrected chi connectivity index (χ2v) is 7.44. The zero-order valence-corrected chi connectivity index (χ0v) is 14.2. The van der Waals surface area contributed by atoms with Crippen LogP contribution in [0.1, 0.15) is 17.0 Å². The number of benzene rings is 2. The Morgan fingerprint density at radius 2 is 1.52 bits per heavy atom. The maximum absolute atomic E-state index is 4.74. The van der Waals surface area contributed by atoms with Crippen molar-refractivity contribution in [1.82, 2.24) is 9.78 Å². The van der Waals surface area contributed by atoms with Gasteiger partial charge in [-0.1, -0.05) is 0 Å². The minimum atomic E-state index is 0.304. The zero-order chi connectivity index (χ0) is 14.8. The van der Waals surface area contributed by atoms with E-state index in [9.17, 15) is 0 Å². The summed E-state index contributed by atoms with van der Waals surface area (Å²) in [7, 11) is 0. The van der Waals surface area contributed by atoms with Crippen molar-refractivity contribution in [3.05, 3.63) is 71.5 Å². The van der Waals surface area contributed by atoms with Gasteiger partial charge in [0.15, 0.2) is 0 Å². The first-order valence-electron chi connectivity index (χ1n) is 7.01. The molecule has 0 unspecified atom stereocenters. The summed E-state index contributed by atoms with van der Waals surface area (Å²) in [5.41, 5.74) is 4.79. The SMILES string of the molecule is Cc1ccc(-n2nc(C)c([Se]c3ccccc3)c2C)cc1. The first-order valence-corrected chi connectivity index (χ1v) is 8.72. The van der Waals surface area contributed by atoms with Crippen LogP contribution in [0.3, 0.4) is 0 Å². The van der Waals surface area contributed by atoms with Crippen LogP contribution in [0, 0.1) is 20.8 Å². The van der Waals surface area contributed by atoms with Crippen LogP contribution in [0.5, 0.6) is 0 Å². The normalized spacial score (nSPS) is 10.8. The van der Waals surface area contributed by atoms with Crippen LogP contribution in [0.25, 0.3) is 5.69 Å². The van der Waals surface area contributed by atoms with E-state index in [1.54, 1.807) is 0 Å². The maximum atomic E-state index is 4.74. The van der Waals surface area contributed by atoms with Crippen molar-refractivity contribution in [3.63, 3.8) is 0 Å². The summed E-state index contributed by atoms with van der Waals surface area (Å²) in [4.78, 5) is 0. The Bertz CT molecular complexity index is 743. The summed E-state index contributed by atoms with van der Waals surface area (Å²) in [6, 6.07) is 19.2. The Morgan fingerprint density at radius 1 is 0.857 bits per heavy atom. The van der Waals surface area contributed by atoms with E-state index in [0.29, 0.717) is 15.0 Å². The van der Waals surface area contributed by atoms with Crippen LogP contribution >= 0.6 is 0 Å². The molecule has 2 aromatic carbocycles. The van der Waals surface area contributed by atoms with Crippen molar-refractivity contribution in [3.8, 4) is 5.69 Å². The van der Waals surface area contributed by atoms with Crippen LogP contribution < -0.4 is 8.92 Å². The molecule has 0 N–H and O–H groups in total. The minimum absolute atomic E-state index is 0.304. The molecule has 0 radical (unpaired) electrons. The van der Waals surface area contributed by atoms with Gasteiger partial charge < -0.3 is 0 Å². The van der Waals surface area contributed by atoms with Gasteiger partial charge in [0, 0.05) is 0 Å². The van der Waals surface area contributed by atoms with Gasteiger partial charge in [0.2, 0.25) is 0 Å². The third kappa shape index (κ3) is 2.94. The molecule has 0 bridgehead atoms. The fourth-order valence-corrected chi connectivity index (χ4v) is 4.32. The zero-order valence-electron chi connectivity index (χ0n) is 12.5. The Hall–Kier alpha value is -1.83. The summed E-state index contributed by atoms with van der Waals surface area (Å²) in [6.45, 7) is 6.38. The van der Waals surface area contributed by atoms with Gasteiger partial charge in [0.05, 0.1) is 0 Å². The van der Waals surface area contributed by atoms with Crippen molar-refractivity contribution >= 4 is 23.9 Å². The van der Waals surface area contributed by atoms with Gasteiger partial charge in [-0.15, -0.1) is 0 Å². The predicted octanol–water partition coefficient (Wildman–Crippen LogP) is 2.45. The molecule has 1 aromatic heterocycles. The molecule has 0 spiro atoms. The Morgan fingerprint density at radius 3 is 2.19 bits per heavy atom. The summed E-state index contributed by atoms with van der Waals surface area (Å²) in [5, 5.41) is 4.74. The number of aromatic nitrogens is 2. The monoisotopic (exact) mass is 342 g/mol. The van der Waals surface area contributed by atoms with Crippen LogP contribution in [0.15, 0.2) is 54.6 Å². The van der Waals surface area contributed by atoms with E-state index >= 15 is 0 Å².